The summed E-state index contributed by atoms with van der Waals surface area (Å²) in [4.78, 5) is 5.90. The van der Waals surface area contributed by atoms with Crippen molar-refractivity contribution in [3.8, 4) is 0 Å². The average molecular weight is 383 g/mol. The lowest BCUT2D eigenvalue weighted by Gasteiger charge is -2.20. The second-order valence-corrected chi connectivity index (χ2v) is 7.69. The molecule has 0 atom stereocenters. The number of nitrogens with zero attached hydrogens (tertiary/aromatic N) is 2. The van der Waals surface area contributed by atoms with Gasteiger partial charge >= 0.3 is 0 Å². The number of sulfonamides is 1. The zero-order valence-corrected chi connectivity index (χ0v) is 15.9. The molecule has 26 heavy (non-hydrogen) atoms. The topological polar surface area (TPSA) is 61.8 Å². The highest BCUT2D eigenvalue weighted by atomic mass is 32.2. The average Bonchev–Trinajstić information content (AvgIpc) is 2.62. The fraction of sp³-hybridized carbons (Fsp3) is 0.105. The SMILES string of the molecule is CN(C)c1ccc2ccccc2c1S(=O)(=O)Nc1ccc(N=C=S)cc1. The van der Waals surface area contributed by atoms with Gasteiger partial charge in [0.2, 0.25) is 0 Å². The lowest BCUT2D eigenvalue weighted by molar-refractivity contribution is 0.602. The first-order chi connectivity index (χ1) is 12.4. The first-order valence-corrected chi connectivity index (χ1v) is 9.71. The van der Waals surface area contributed by atoms with E-state index in [2.05, 4.69) is 27.1 Å². The summed E-state index contributed by atoms with van der Waals surface area (Å²) in [6.45, 7) is 0. The van der Waals surface area contributed by atoms with Crippen molar-refractivity contribution in [1.82, 2.24) is 0 Å². The van der Waals surface area contributed by atoms with Crippen LogP contribution in [-0.4, -0.2) is 27.7 Å². The Hall–Kier alpha value is -2.73. The van der Waals surface area contributed by atoms with Crippen LogP contribution in [0, 0.1) is 0 Å². The quantitative estimate of drug-likeness (QED) is 0.523. The summed E-state index contributed by atoms with van der Waals surface area (Å²) in [5.74, 6) is 0. The van der Waals surface area contributed by atoms with E-state index in [9.17, 15) is 8.42 Å². The zero-order valence-electron chi connectivity index (χ0n) is 14.3. The maximum absolute atomic E-state index is 13.2. The van der Waals surface area contributed by atoms with E-state index < -0.39 is 10.0 Å². The molecule has 0 saturated heterocycles. The fourth-order valence-corrected chi connectivity index (χ4v) is 4.38. The highest BCUT2D eigenvalue weighted by molar-refractivity contribution is 7.93. The molecule has 1 N–H and O–H groups in total. The molecule has 7 heteroatoms. The first kappa shape index (κ1) is 18.1. The van der Waals surface area contributed by atoms with Crippen molar-refractivity contribution >= 4 is 55.2 Å². The van der Waals surface area contributed by atoms with Crippen LogP contribution in [0.2, 0.25) is 0 Å². The minimum Gasteiger partial charge on any atom is -0.377 e. The van der Waals surface area contributed by atoms with Crippen LogP contribution in [0.4, 0.5) is 17.1 Å². The number of thiocarbonyl (C=S) groups is 1. The summed E-state index contributed by atoms with van der Waals surface area (Å²) >= 11 is 4.57. The molecule has 3 aromatic carbocycles. The summed E-state index contributed by atoms with van der Waals surface area (Å²) in [6, 6.07) is 17.8. The van der Waals surface area contributed by atoms with Crippen LogP contribution in [-0.2, 0) is 10.0 Å². The summed E-state index contributed by atoms with van der Waals surface area (Å²) in [6.07, 6.45) is 0. The molecular formula is C19H17N3O2S2. The Morgan fingerprint density at radius 3 is 2.35 bits per heavy atom. The second-order valence-electron chi connectivity index (χ2n) is 5.88. The number of nitrogens with one attached hydrogen (secondary N) is 1. The molecule has 0 unspecified atom stereocenters. The standard InChI is InChI=1S/C19H17N3O2S2/c1-22(2)18-12-7-14-5-3-4-6-17(14)19(18)26(23,24)21-16-10-8-15(9-11-16)20-13-25/h3-12,21H,1-2H3. The van der Waals surface area contributed by atoms with Crippen LogP contribution in [0.1, 0.15) is 0 Å². The zero-order chi connectivity index (χ0) is 18.7. The highest BCUT2D eigenvalue weighted by Gasteiger charge is 2.23. The summed E-state index contributed by atoms with van der Waals surface area (Å²) < 4.78 is 29.0. The number of benzene rings is 3. The van der Waals surface area contributed by atoms with Gasteiger partial charge in [-0.1, -0.05) is 30.3 Å². The fourth-order valence-electron chi connectivity index (χ4n) is 2.73. The van der Waals surface area contributed by atoms with E-state index in [0.29, 0.717) is 22.4 Å². The molecule has 3 rings (SSSR count). The van der Waals surface area contributed by atoms with Crippen LogP contribution in [0.3, 0.4) is 0 Å². The first-order valence-electron chi connectivity index (χ1n) is 7.82. The summed E-state index contributed by atoms with van der Waals surface area (Å²) in [5, 5.41) is 3.82. The number of aliphatic imine (C=N–C) groups is 1. The molecule has 0 aromatic heterocycles. The van der Waals surface area contributed by atoms with Crippen molar-refractivity contribution in [3.05, 3.63) is 60.7 Å². The summed E-state index contributed by atoms with van der Waals surface area (Å²) in [7, 11) is -0.158. The van der Waals surface area contributed by atoms with Crippen LogP contribution in [0.15, 0.2) is 70.6 Å². The van der Waals surface area contributed by atoms with Crippen LogP contribution >= 0.6 is 12.2 Å². The van der Waals surface area contributed by atoms with Gasteiger partial charge in [-0.3, -0.25) is 4.72 Å². The number of anilines is 2. The molecular weight excluding hydrogens is 366 g/mol. The lowest BCUT2D eigenvalue weighted by atomic mass is 10.1. The largest absolute Gasteiger partial charge is 0.377 e. The number of rotatable bonds is 5. The summed E-state index contributed by atoms with van der Waals surface area (Å²) in [5.41, 5.74) is 1.69. The van der Waals surface area contributed by atoms with E-state index in [0.717, 1.165) is 5.39 Å². The molecule has 0 heterocycles. The van der Waals surface area contributed by atoms with E-state index >= 15 is 0 Å². The number of isothiocyanates is 1. The Balaban J connectivity index is 2.11. The third-order valence-electron chi connectivity index (χ3n) is 3.90. The molecule has 3 aromatic rings. The second kappa shape index (κ2) is 7.25. The molecule has 0 aliphatic heterocycles. The maximum atomic E-state index is 13.2. The van der Waals surface area contributed by atoms with Gasteiger partial charge in [0.15, 0.2) is 0 Å². The van der Waals surface area contributed by atoms with Crippen molar-refractivity contribution in [2.45, 2.75) is 4.90 Å². The third kappa shape index (κ3) is 3.60. The van der Waals surface area contributed by atoms with Crippen LogP contribution in [0.5, 0.6) is 0 Å². The van der Waals surface area contributed by atoms with Gasteiger partial charge in [-0.05, 0) is 47.9 Å². The van der Waals surface area contributed by atoms with Crippen molar-refractivity contribution in [1.29, 1.82) is 0 Å². The Kier molecular flexibility index (Phi) is 5.04. The molecule has 0 fully saturated rings. The van der Waals surface area contributed by atoms with Crippen molar-refractivity contribution < 1.29 is 8.42 Å². The van der Waals surface area contributed by atoms with Crippen molar-refractivity contribution in [2.24, 2.45) is 4.99 Å². The van der Waals surface area contributed by atoms with Crippen molar-refractivity contribution in [2.75, 3.05) is 23.7 Å². The van der Waals surface area contributed by atoms with E-state index in [1.165, 1.54) is 0 Å². The van der Waals surface area contributed by atoms with Gasteiger partial charge in [0.05, 0.1) is 16.5 Å². The molecule has 0 amide bonds. The van der Waals surface area contributed by atoms with E-state index in [4.69, 9.17) is 0 Å². The minimum atomic E-state index is -3.80. The molecule has 132 valence electrons. The Morgan fingerprint density at radius 1 is 1.00 bits per heavy atom. The van der Waals surface area contributed by atoms with Gasteiger partial charge in [-0.15, -0.1) is 0 Å². The van der Waals surface area contributed by atoms with Gasteiger partial charge in [-0.2, -0.15) is 4.99 Å². The van der Waals surface area contributed by atoms with E-state index in [1.54, 1.807) is 29.2 Å². The number of hydrogen-bond acceptors (Lipinski definition) is 5. The number of hydrogen-bond donors (Lipinski definition) is 1. The Morgan fingerprint density at radius 2 is 1.69 bits per heavy atom. The Labute approximate surface area is 158 Å². The van der Waals surface area contributed by atoms with Gasteiger partial charge in [0.1, 0.15) is 4.90 Å². The molecule has 0 bridgehead atoms. The molecule has 0 aliphatic carbocycles. The van der Waals surface area contributed by atoms with Crippen LogP contribution < -0.4 is 9.62 Å². The van der Waals surface area contributed by atoms with Gasteiger partial charge < -0.3 is 4.90 Å². The van der Waals surface area contributed by atoms with Gasteiger partial charge in [0.25, 0.3) is 10.0 Å². The van der Waals surface area contributed by atoms with E-state index in [-0.39, 0.29) is 4.90 Å². The predicted molar refractivity (Wildman–Crippen MR) is 110 cm³/mol. The molecule has 0 spiro atoms. The molecule has 0 radical (unpaired) electrons. The maximum Gasteiger partial charge on any atom is 0.264 e. The number of fused-ring (bicyclic) bond motifs is 1. The van der Waals surface area contributed by atoms with E-state index in [1.807, 2.05) is 50.5 Å². The molecule has 0 aliphatic rings. The van der Waals surface area contributed by atoms with Crippen molar-refractivity contribution in [3.63, 3.8) is 0 Å². The van der Waals surface area contributed by atoms with Crippen LogP contribution in [0.25, 0.3) is 10.8 Å². The molecule has 0 saturated carbocycles. The smallest absolute Gasteiger partial charge is 0.264 e. The van der Waals surface area contributed by atoms with Gasteiger partial charge in [-0.25, -0.2) is 8.42 Å². The minimum absolute atomic E-state index is 0.251. The third-order valence-corrected chi connectivity index (χ3v) is 5.47. The molecule has 5 nitrogen and oxygen atoms in total. The van der Waals surface area contributed by atoms with Gasteiger partial charge in [0, 0.05) is 25.2 Å². The highest BCUT2D eigenvalue weighted by Crippen LogP contribution is 2.33. The predicted octanol–water partition coefficient (Wildman–Crippen LogP) is 4.44. The lowest BCUT2D eigenvalue weighted by Crippen LogP contribution is -2.19. The normalized spacial score (nSPS) is 11.0. The monoisotopic (exact) mass is 383 g/mol. The Bertz CT molecular complexity index is 1100.